The highest BCUT2D eigenvalue weighted by Gasteiger charge is 2.47. The van der Waals surface area contributed by atoms with Crippen molar-refractivity contribution in [2.24, 2.45) is 5.92 Å². The van der Waals surface area contributed by atoms with E-state index in [0.717, 1.165) is 45.3 Å². The Morgan fingerprint density at radius 1 is 1.08 bits per heavy atom. The van der Waals surface area contributed by atoms with Crippen LogP contribution in [0.3, 0.4) is 0 Å². The molecule has 0 spiro atoms. The molecule has 1 aliphatic rings. The highest BCUT2D eigenvalue weighted by atomic mass is 16.3. The summed E-state index contributed by atoms with van der Waals surface area (Å²) < 4.78 is 0. The van der Waals surface area contributed by atoms with Gasteiger partial charge < -0.3 is 10.0 Å². The predicted octanol–water partition coefficient (Wildman–Crippen LogP) is 3.41. The molecule has 1 aromatic rings. The first-order valence-electron chi connectivity index (χ1n) is 9.79. The number of ketones is 1. The molecular weight excluding hydrogens is 312 g/mol. The second-order valence-electron chi connectivity index (χ2n) is 7.20. The Hall–Kier alpha value is -1.23. The van der Waals surface area contributed by atoms with Crippen molar-refractivity contribution in [3.63, 3.8) is 0 Å². The lowest BCUT2D eigenvalue weighted by Crippen LogP contribution is -2.59. The number of carbonyl (C=O) groups excluding carboxylic acids is 1. The van der Waals surface area contributed by atoms with Crippen LogP contribution in [0.25, 0.3) is 0 Å². The van der Waals surface area contributed by atoms with Crippen LogP contribution in [0.15, 0.2) is 30.3 Å². The number of rotatable bonds is 9. The van der Waals surface area contributed by atoms with Crippen LogP contribution in [0.2, 0.25) is 0 Å². The number of Topliss-reactive ketones (excluding diaryl/α,β-unsaturated/α-hetero) is 1. The third kappa shape index (κ3) is 4.69. The molecule has 25 heavy (non-hydrogen) atoms. The molecule has 0 amide bonds. The van der Waals surface area contributed by atoms with E-state index in [0.29, 0.717) is 12.1 Å². The Morgan fingerprint density at radius 3 is 2.24 bits per heavy atom. The lowest BCUT2D eigenvalue weighted by atomic mass is 9.77. The summed E-state index contributed by atoms with van der Waals surface area (Å²) in [6.07, 6.45) is 5.24. The molecule has 0 heterocycles. The minimum atomic E-state index is -1.41. The average molecular weight is 347 g/mol. The van der Waals surface area contributed by atoms with Gasteiger partial charge in [-0.1, -0.05) is 63.4 Å². The third-order valence-electron chi connectivity index (χ3n) is 5.77. The maximum Gasteiger partial charge on any atom is 0.209 e. The lowest BCUT2D eigenvalue weighted by molar-refractivity contribution is -0.113. The van der Waals surface area contributed by atoms with Gasteiger partial charge in [-0.2, -0.15) is 0 Å². The fraction of sp³-hybridized carbons (Fsp3) is 0.667. The van der Waals surface area contributed by atoms with E-state index >= 15 is 0 Å². The average Bonchev–Trinajstić information content (AvgIpc) is 2.68. The van der Waals surface area contributed by atoms with Crippen LogP contribution in [0.1, 0.15) is 56.3 Å². The molecular formula is C21H34N2O2. The molecule has 140 valence electrons. The molecule has 1 N–H and O–H groups in total. The van der Waals surface area contributed by atoms with Crippen LogP contribution in [0, 0.1) is 5.92 Å². The second kappa shape index (κ2) is 9.46. The number of nitrogens with zero attached hydrogens (tertiary/aromatic N) is 2. The van der Waals surface area contributed by atoms with Crippen molar-refractivity contribution < 1.29 is 9.90 Å². The van der Waals surface area contributed by atoms with E-state index in [1.54, 1.807) is 0 Å². The maximum absolute atomic E-state index is 13.3. The van der Waals surface area contributed by atoms with Crippen LogP contribution in [-0.2, 0) is 0 Å². The topological polar surface area (TPSA) is 43.8 Å². The molecule has 1 saturated carbocycles. The van der Waals surface area contributed by atoms with Crippen LogP contribution < -0.4 is 0 Å². The smallest absolute Gasteiger partial charge is 0.209 e. The number of likely N-dealkylation sites (N-methyl/N-ethyl adjacent to an activating group) is 2. The van der Waals surface area contributed by atoms with Crippen molar-refractivity contribution in [2.45, 2.75) is 51.7 Å². The summed E-state index contributed by atoms with van der Waals surface area (Å²) in [5.74, 6) is -0.141. The van der Waals surface area contributed by atoms with Crippen molar-refractivity contribution in [3.8, 4) is 0 Å². The zero-order chi connectivity index (χ0) is 18.3. The summed E-state index contributed by atoms with van der Waals surface area (Å²) in [7, 11) is 1.90. The van der Waals surface area contributed by atoms with E-state index in [1.165, 1.54) is 6.42 Å². The third-order valence-corrected chi connectivity index (χ3v) is 5.77. The van der Waals surface area contributed by atoms with Gasteiger partial charge in [-0.25, -0.2) is 0 Å². The molecule has 4 heteroatoms. The van der Waals surface area contributed by atoms with E-state index < -0.39 is 5.72 Å². The van der Waals surface area contributed by atoms with Crippen LogP contribution in [0.5, 0.6) is 0 Å². The van der Waals surface area contributed by atoms with Crippen LogP contribution >= 0.6 is 0 Å². The molecule has 0 unspecified atom stereocenters. The first kappa shape index (κ1) is 20.1. The number of hydrogen-bond acceptors (Lipinski definition) is 4. The first-order chi connectivity index (χ1) is 12.0. The summed E-state index contributed by atoms with van der Waals surface area (Å²) in [5.41, 5.74) is -0.806. The lowest BCUT2D eigenvalue weighted by Gasteiger charge is -2.44. The number of benzene rings is 1. The van der Waals surface area contributed by atoms with Crippen LogP contribution in [-0.4, -0.2) is 59.6 Å². The Bertz CT molecular complexity index is 524. The molecule has 0 aliphatic heterocycles. The summed E-state index contributed by atoms with van der Waals surface area (Å²) in [6.45, 7) is 7.81. The summed E-state index contributed by atoms with van der Waals surface area (Å²) >= 11 is 0. The maximum atomic E-state index is 13.3. The minimum absolute atomic E-state index is 0.00987. The van der Waals surface area contributed by atoms with Crippen molar-refractivity contribution >= 4 is 5.78 Å². The molecule has 4 nitrogen and oxygen atoms in total. The van der Waals surface area contributed by atoms with Gasteiger partial charge in [0.25, 0.3) is 0 Å². The van der Waals surface area contributed by atoms with E-state index in [9.17, 15) is 9.90 Å². The largest absolute Gasteiger partial charge is 0.368 e. The molecule has 1 atom stereocenters. The van der Waals surface area contributed by atoms with E-state index in [2.05, 4.69) is 18.7 Å². The molecule has 0 saturated heterocycles. The highest BCUT2D eigenvalue weighted by Crippen LogP contribution is 2.36. The Labute approximate surface area is 152 Å². The minimum Gasteiger partial charge on any atom is -0.368 e. The summed E-state index contributed by atoms with van der Waals surface area (Å²) in [6, 6.07) is 9.26. The van der Waals surface area contributed by atoms with Gasteiger partial charge in [0, 0.05) is 24.6 Å². The van der Waals surface area contributed by atoms with Crippen LogP contribution in [0.4, 0.5) is 0 Å². The van der Waals surface area contributed by atoms with E-state index in [-0.39, 0.29) is 11.7 Å². The zero-order valence-corrected chi connectivity index (χ0v) is 16.1. The zero-order valence-electron chi connectivity index (χ0n) is 16.1. The number of hydrogen-bond donors (Lipinski definition) is 1. The molecule has 1 fully saturated rings. The van der Waals surface area contributed by atoms with Gasteiger partial charge in [0.15, 0.2) is 5.72 Å². The fourth-order valence-corrected chi connectivity index (χ4v) is 3.98. The van der Waals surface area contributed by atoms with E-state index in [4.69, 9.17) is 0 Å². The van der Waals surface area contributed by atoms with Gasteiger partial charge in [-0.15, -0.1) is 0 Å². The molecule has 0 radical (unpaired) electrons. The van der Waals surface area contributed by atoms with Gasteiger partial charge in [0.05, 0.1) is 0 Å². The quantitative estimate of drug-likeness (QED) is 0.550. The molecule has 0 bridgehead atoms. The monoisotopic (exact) mass is 346 g/mol. The van der Waals surface area contributed by atoms with Gasteiger partial charge in [0.2, 0.25) is 5.78 Å². The SMILES string of the molecule is CCN(CC)CCN(C)[C@](O)(C(=O)c1ccccc1)C1CCCCC1. The normalized spacial score (nSPS) is 18.5. The Morgan fingerprint density at radius 2 is 1.68 bits per heavy atom. The van der Waals surface area contributed by atoms with Gasteiger partial charge in [-0.05, 0) is 33.0 Å². The Kier molecular flexibility index (Phi) is 7.60. The molecule has 2 rings (SSSR count). The molecule has 1 aromatic carbocycles. The van der Waals surface area contributed by atoms with Gasteiger partial charge >= 0.3 is 0 Å². The van der Waals surface area contributed by atoms with Crippen molar-refractivity contribution in [1.29, 1.82) is 0 Å². The number of carbonyl (C=O) groups is 1. The standard InChI is InChI=1S/C21H34N2O2/c1-4-23(5-2)17-16-22(3)21(25,19-14-10-7-11-15-19)20(24)18-12-8-6-9-13-18/h6,8-9,12-13,19,25H,4-5,7,10-11,14-17H2,1-3H3/t21-/m1/s1. The fourth-order valence-electron chi connectivity index (χ4n) is 3.98. The predicted molar refractivity (Wildman–Crippen MR) is 103 cm³/mol. The summed E-state index contributed by atoms with van der Waals surface area (Å²) in [4.78, 5) is 17.5. The Balaban J connectivity index is 2.23. The van der Waals surface area contributed by atoms with Gasteiger partial charge in [0.1, 0.15) is 0 Å². The molecule has 0 aromatic heterocycles. The summed E-state index contributed by atoms with van der Waals surface area (Å²) in [5, 5.41) is 11.6. The van der Waals surface area contributed by atoms with Crippen molar-refractivity contribution in [3.05, 3.63) is 35.9 Å². The second-order valence-corrected chi connectivity index (χ2v) is 7.20. The van der Waals surface area contributed by atoms with E-state index in [1.807, 2.05) is 42.3 Å². The first-order valence-corrected chi connectivity index (χ1v) is 9.79. The van der Waals surface area contributed by atoms with Crippen molar-refractivity contribution in [1.82, 2.24) is 9.80 Å². The van der Waals surface area contributed by atoms with Crippen molar-refractivity contribution in [2.75, 3.05) is 33.2 Å². The number of aliphatic hydroxyl groups is 1. The molecule has 1 aliphatic carbocycles. The van der Waals surface area contributed by atoms with Gasteiger partial charge in [-0.3, -0.25) is 9.69 Å². The highest BCUT2D eigenvalue weighted by molar-refractivity contribution is 6.02.